The molecule has 2 aromatic heterocycles. The maximum atomic E-state index is 4.39. The number of fused-ring (bicyclic) bond motifs is 1. The van der Waals surface area contributed by atoms with Crippen molar-refractivity contribution in [3.8, 4) is 0 Å². The van der Waals surface area contributed by atoms with Crippen LogP contribution in [0.3, 0.4) is 0 Å². The Morgan fingerprint density at radius 2 is 1.89 bits per heavy atom. The Bertz CT molecular complexity index is 673. The van der Waals surface area contributed by atoms with Crippen molar-refractivity contribution < 1.29 is 0 Å². The van der Waals surface area contributed by atoms with Crippen molar-refractivity contribution in [3.63, 3.8) is 0 Å². The Balaban J connectivity index is 1.65. The van der Waals surface area contributed by atoms with E-state index in [1.165, 1.54) is 5.56 Å². The van der Waals surface area contributed by atoms with Crippen molar-refractivity contribution in [1.82, 2.24) is 19.9 Å². The van der Waals surface area contributed by atoms with Gasteiger partial charge in [-0.1, -0.05) is 30.3 Å². The van der Waals surface area contributed by atoms with Crippen LogP contribution in [0.15, 0.2) is 48.8 Å². The van der Waals surface area contributed by atoms with Crippen LogP contribution in [0.25, 0.3) is 5.65 Å². The lowest BCUT2D eigenvalue weighted by Gasteiger charge is -2.05. The normalized spacial score (nSPS) is 11.0. The summed E-state index contributed by atoms with van der Waals surface area (Å²) >= 11 is 0. The zero-order valence-corrected chi connectivity index (χ0v) is 10.9. The van der Waals surface area contributed by atoms with Gasteiger partial charge in [-0.2, -0.15) is 5.10 Å². The second-order valence-corrected chi connectivity index (χ2v) is 4.64. The van der Waals surface area contributed by atoms with Crippen LogP contribution in [0.2, 0.25) is 0 Å². The predicted octanol–water partition coefficient (Wildman–Crippen LogP) is 2.33. The molecule has 0 atom stereocenters. The quantitative estimate of drug-likeness (QED) is 0.775. The van der Waals surface area contributed by atoms with Gasteiger partial charge in [0.25, 0.3) is 0 Å². The molecule has 0 amide bonds. The third-order valence-electron chi connectivity index (χ3n) is 2.99. The van der Waals surface area contributed by atoms with Gasteiger partial charge in [0.05, 0.1) is 5.69 Å². The molecule has 0 fully saturated rings. The average Bonchev–Trinajstić information content (AvgIpc) is 2.79. The molecule has 19 heavy (non-hydrogen) atoms. The Kier molecular flexibility index (Phi) is 3.25. The Labute approximate surface area is 112 Å². The maximum Gasteiger partial charge on any atom is 0.155 e. The molecule has 0 saturated heterocycles. The van der Waals surface area contributed by atoms with E-state index in [1.807, 2.05) is 36.0 Å². The minimum Gasteiger partial charge on any atom is -0.309 e. The maximum absolute atomic E-state index is 4.39. The fourth-order valence-corrected chi connectivity index (χ4v) is 2.07. The first-order valence-electron chi connectivity index (χ1n) is 6.37. The van der Waals surface area contributed by atoms with E-state index >= 15 is 0 Å². The summed E-state index contributed by atoms with van der Waals surface area (Å²) in [7, 11) is 0. The van der Waals surface area contributed by atoms with Crippen LogP contribution in [0.5, 0.6) is 0 Å². The molecule has 96 valence electrons. The van der Waals surface area contributed by atoms with Crippen LogP contribution < -0.4 is 5.32 Å². The number of aromatic nitrogens is 3. The smallest absolute Gasteiger partial charge is 0.155 e. The number of nitrogens with zero attached hydrogens (tertiary/aromatic N) is 3. The van der Waals surface area contributed by atoms with Crippen molar-refractivity contribution in [2.24, 2.45) is 0 Å². The van der Waals surface area contributed by atoms with Crippen LogP contribution in [-0.2, 0) is 13.1 Å². The van der Waals surface area contributed by atoms with Gasteiger partial charge in [-0.05, 0) is 12.5 Å². The minimum absolute atomic E-state index is 0.788. The summed E-state index contributed by atoms with van der Waals surface area (Å²) in [5.41, 5.74) is 4.30. The fourth-order valence-electron chi connectivity index (χ4n) is 2.07. The molecule has 2 heterocycles. The molecule has 0 bridgehead atoms. The van der Waals surface area contributed by atoms with E-state index in [1.54, 1.807) is 0 Å². The lowest BCUT2D eigenvalue weighted by Crippen LogP contribution is -2.13. The second kappa shape index (κ2) is 5.20. The highest BCUT2D eigenvalue weighted by Gasteiger charge is 2.00. The van der Waals surface area contributed by atoms with Crippen LogP contribution in [0.1, 0.15) is 16.8 Å². The number of nitrogens with one attached hydrogen (secondary N) is 1. The molecule has 0 aliphatic carbocycles. The van der Waals surface area contributed by atoms with Gasteiger partial charge in [0, 0.05) is 37.1 Å². The first kappa shape index (κ1) is 11.9. The summed E-state index contributed by atoms with van der Waals surface area (Å²) in [6, 6.07) is 12.3. The van der Waals surface area contributed by atoms with Crippen molar-refractivity contribution in [2.75, 3.05) is 0 Å². The zero-order valence-electron chi connectivity index (χ0n) is 10.9. The lowest BCUT2D eigenvalue weighted by molar-refractivity contribution is 0.685. The zero-order chi connectivity index (χ0) is 13.1. The third-order valence-corrected chi connectivity index (χ3v) is 2.99. The largest absolute Gasteiger partial charge is 0.309 e. The van der Waals surface area contributed by atoms with E-state index in [9.17, 15) is 0 Å². The monoisotopic (exact) mass is 252 g/mol. The van der Waals surface area contributed by atoms with Gasteiger partial charge in [0.15, 0.2) is 5.65 Å². The molecule has 3 aromatic rings. The molecule has 4 nitrogen and oxygen atoms in total. The van der Waals surface area contributed by atoms with Crippen LogP contribution in [0, 0.1) is 6.92 Å². The van der Waals surface area contributed by atoms with Gasteiger partial charge >= 0.3 is 0 Å². The second-order valence-electron chi connectivity index (χ2n) is 4.64. The Hall–Kier alpha value is -2.20. The summed E-state index contributed by atoms with van der Waals surface area (Å²) in [5.74, 6) is 0. The van der Waals surface area contributed by atoms with Gasteiger partial charge in [-0.3, -0.25) is 0 Å². The molecule has 0 spiro atoms. The molecule has 3 rings (SSSR count). The highest BCUT2D eigenvalue weighted by atomic mass is 15.2. The molecule has 0 saturated carbocycles. The molecule has 0 radical (unpaired) electrons. The summed E-state index contributed by atoms with van der Waals surface area (Å²) in [4.78, 5) is 4.39. The average molecular weight is 252 g/mol. The number of aryl methyl sites for hydroxylation is 1. The SMILES string of the molecule is Cc1cc2ncc(CNCc3ccccc3)cn2n1. The van der Waals surface area contributed by atoms with Crippen molar-refractivity contribution in [2.45, 2.75) is 20.0 Å². The first-order valence-corrected chi connectivity index (χ1v) is 6.37. The van der Waals surface area contributed by atoms with Gasteiger partial charge < -0.3 is 5.32 Å². The van der Waals surface area contributed by atoms with Gasteiger partial charge in [0.2, 0.25) is 0 Å². The number of benzene rings is 1. The van der Waals surface area contributed by atoms with E-state index in [-0.39, 0.29) is 0 Å². The first-order chi connectivity index (χ1) is 9.31. The Morgan fingerprint density at radius 1 is 1.11 bits per heavy atom. The summed E-state index contributed by atoms with van der Waals surface area (Å²) in [6.45, 7) is 3.62. The molecule has 0 aliphatic rings. The van der Waals surface area contributed by atoms with E-state index in [0.29, 0.717) is 0 Å². The Morgan fingerprint density at radius 3 is 2.74 bits per heavy atom. The van der Waals surface area contributed by atoms with Gasteiger partial charge in [-0.25, -0.2) is 9.50 Å². The van der Waals surface area contributed by atoms with E-state index < -0.39 is 0 Å². The topological polar surface area (TPSA) is 42.2 Å². The number of hydrogen-bond acceptors (Lipinski definition) is 3. The van der Waals surface area contributed by atoms with Crippen LogP contribution in [0.4, 0.5) is 0 Å². The highest BCUT2D eigenvalue weighted by Crippen LogP contribution is 2.05. The molecule has 1 N–H and O–H groups in total. The number of rotatable bonds is 4. The fraction of sp³-hybridized carbons (Fsp3) is 0.200. The van der Waals surface area contributed by atoms with Gasteiger partial charge in [-0.15, -0.1) is 0 Å². The summed E-state index contributed by atoms with van der Waals surface area (Å²) in [6.07, 6.45) is 3.92. The van der Waals surface area contributed by atoms with Crippen LogP contribution in [-0.4, -0.2) is 14.6 Å². The van der Waals surface area contributed by atoms with Crippen molar-refractivity contribution >= 4 is 5.65 Å². The number of hydrogen-bond donors (Lipinski definition) is 1. The standard InChI is InChI=1S/C15H16N4/c1-12-7-15-17-10-14(11-19(15)18-12)9-16-8-13-5-3-2-4-6-13/h2-7,10-11,16H,8-9H2,1H3. The summed E-state index contributed by atoms with van der Waals surface area (Å²) < 4.78 is 1.83. The molecule has 0 aliphatic heterocycles. The highest BCUT2D eigenvalue weighted by molar-refractivity contribution is 5.38. The lowest BCUT2D eigenvalue weighted by atomic mass is 10.2. The van der Waals surface area contributed by atoms with E-state index in [0.717, 1.165) is 30.0 Å². The van der Waals surface area contributed by atoms with Gasteiger partial charge in [0.1, 0.15) is 0 Å². The molecule has 0 unspecified atom stereocenters. The minimum atomic E-state index is 0.788. The predicted molar refractivity (Wildman–Crippen MR) is 74.7 cm³/mol. The third kappa shape index (κ3) is 2.80. The molecular formula is C15H16N4. The molecular weight excluding hydrogens is 236 g/mol. The molecule has 1 aromatic carbocycles. The van der Waals surface area contributed by atoms with Crippen molar-refractivity contribution in [3.05, 3.63) is 65.6 Å². The summed E-state index contributed by atoms with van der Waals surface area (Å²) in [5, 5.41) is 7.77. The molecule has 4 heteroatoms. The van der Waals surface area contributed by atoms with E-state index in [4.69, 9.17) is 0 Å². The van der Waals surface area contributed by atoms with Crippen LogP contribution >= 0.6 is 0 Å². The van der Waals surface area contributed by atoms with E-state index in [2.05, 4.69) is 39.7 Å². The van der Waals surface area contributed by atoms with Crippen molar-refractivity contribution in [1.29, 1.82) is 0 Å².